The van der Waals surface area contributed by atoms with Crippen molar-refractivity contribution in [3.05, 3.63) is 0 Å². The van der Waals surface area contributed by atoms with Gasteiger partial charge in [-0.15, -0.1) is 0 Å². The van der Waals surface area contributed by atoms with Crippen molar-refractivity contribution in [2.24, 2.45) is 5.92 Å². The minimum atomic E-state index is -1.10. The normalized spacial score (nSPS) is 14.7. The molecule has 0 radical (unpaired) electrons. The van der Waals surface area contributed by atoms with Crippen LogP contribution >= 0.6 is 0 Å². The lowest BCUT2D eigenvalue weighted by Gasteiger charge is -2.21. The van der Waals surface area contributed by atoms with Gasteiger partial charge in [0.2, 0.25) is 11.8 Å². The summed E-state index contributed by atoms with van der Waals surface area (Å²) in [6, 6.07) is -0.595. The van der Waals surface area contributed by atoms with E-state index in [4.69, 9.17) is 5.11 Å². The smallest absolute Gasteiger partial charge is 0.249 e. The fraction of sp³-hybridized carbons (Fsp3) is 0.778. The Bertz CT molecular complexity index is 214. The summed E-state index contributed by atoms with van der Waals surface area (Å²) in [4.78, 5) is 22.4. The maximum Gasteiger partial charge on any atom is 0.249 e. The molecule has 0 aliphatic rings. The van der Waals surface area contributed by atoms with Crippen molar-refractivity contribution in [1.82, 2.24) is 10.6 Å². The van der Waals surface area contributed by atoms with Crippen LogP contribution in [0.3, 0.4) is 0 Å². The van der Waals surface area contributed by atoms with Crippen molar-refractivity contribution in [3.63, 3.8) is 0 Å². The average molecular weight is 202 g/mol. The lowest BCUT2D eigenvalue weighted by Crippen LogP contribution is -2.51. The van der Waals surface area contributed by atoms with E-state index in [1.807, 2.05) is 13.8 Å². The minimum Gasteiger partial charge on any atom is -0.384 e. The maximum atomic E-state index is 11.3. The number of carbonyl (C=O) groups is 2. The SMILES string of the molecule is CNC(=O)[C@@H](NC(=O)[C@H](C)O)C(C)C. The summed E-state index contributed by atoms with van der Waals surface area (Å²) in [6.45, 7) is 5.00. The number of likely N-dealkylation sites (N-methyl/N-ethyl adjacent to an activating group) is 1. The first-order chi connectivity index (χ1) is 6.40. The number of rotatable bonds is 4. The topological polar surface area (TPSA) is 78.4 Å². The molecule has 0 aromatic rings. The molecule has 14 heavy (non-hydrogen) atoms. The van der Waals surface area contributed by atoms with Crippen LogP contribution in [0, 0.1) is 5.92 Å². The molecule has 0 unspecified atom stereocenters. The van der Waals surface area contributed by atoms with E-state index in [0.29, 0.717) is 0 Å². The molecule has 0 fully saturated rings. The highest BCUT2D eigenvalue weighted by molar-refractivity contribution is 5.89. The minimum absolute atomic E-state index is 0.0161. The summed E-state index contributed by atoms with van der Waals surface area (Å²) in [5.41, 5.74) is 0. The van der Waals surface area contributed by atoms with Gasteiger partial charge < -0.3 is 15.7 Å². The third-order valence-electron chi connectivity index (χ3n) is 1.87. The third kappa shape index (κ3) is 3.74. The van der Waals surface area contributed by atoms with Gasteiger partial charge in [0.15, 0.2) is 0 Å². The maximum absolute atomic E-state index is 11.3. The van der Waals surface area contributed by atoms with Gasteiger partial charge in [-0.05, 0) is 12.8 Å². The molecule has 5 heteroatoms. The lowest BCUT2D eigenvalue weighted by atomic mass is 10.0. The molecular weight excluding hydrogens is 184 g/mol. The van der Waals surface area contributed by atoms with Crippen LogP contribution in [0.2, 0.25) is 0 Å². The number of hydrogen-bond donors (Lipinski definition) is 3. The Morgan fingerprint density at radius 2 is 1.64 bits per heavy atom. The molecule has 0 aromatic heterocycles. The molecule has 0 spiro atoms. The number of carbonyl (C=O) groups excluding carboxylic acids is 2. The molecule has 82 valence electrons. The quantitative estimate of drug-likeness (QED) is 0.561. The highest BCUT2D eigenvalue weighted by atomic mass is 16.3. The van der Waals surface area contributed by atoms with E-state index in [9.17, 15) is 9.59 Å². The summed E-state index contributed by atoms with van der Waals surface area (Å²) in [5.74, 6) is -0.807. The molecule has 0 rings (SSSR count). The first-order valence-electron chi connectivity index (χ1n) is 4.60. The van der Waals surface area contributed by atoms with Gasteiger partial charge in [0.05, 0.1) is 0 Å². The summed E-state index contributed by atoms with van der Waals surface area (Å²) in [6.07, 6.45) is -1.10. The van der Waals surface area contributed by atoms with Gasteiger partial charge in [0.25, 0.3) is 0 Å². The number of amides is 2. The van der Waals surface area contributed by atoms with Gasteiger partial charge in [0, 0.05) is 7.05 Å². The molecule has 0 bridgehead atoms. The standard InChI is InChI=1S/C9H18N2O3/c1-5(2)7(9(14)10-4)11-8(13)6(3)12/h5-7,12H,1-4H3,(H,10,14)(H,11,13)/t6-,7-/m0/s1. The second kappa shape index (κ2) is 5.59. The van der Waals surface area contributed by atoms with Crippen LogP contribution in [-0.2, 0) is 9.59 Å². The molecule has 5 nitrogen and oxygen atoms in total. The van der Waals surface area contributed by atoms with Crippen molar-refractivity contribution in [2.45, 2.75) is 32.9 Å². The van der Waals surface area contributed by atoms with E-state index in [-0.39, 0.29) is 11.8 Å². The van der Waals surface area contributed by atoms with E-state index in [1.165, 1.54) is 14.0 Å². The Hall–Kier alpha value is -1.10. The second-order valence-corrected chi connectivity index (χ2v) is 3.52. The summed E-state index contributed by atoms with van der Waals surface area (Å²) >= 11 is 0. The third-order valence-corrected chi connectivity index (χ3v) is 1.87. The molecule has 0 heterocycles. The Balaban J connectivity index is 4.38. The predicted octanol–water partition coefficient (Wildman–Crippen LogP) is -0.746. The summed E-state index contributed by atoms with van der Waals surface area (Å²) in [5, 5.41) is 13.9. The summed E-state index contributed by atoms with van der Waals surface area (Å²) < 4.78 is 0. The van der Waals surface area contributed by atoms with Crippen molar-refractivity contribution in [3.8, 4) is 0 Å². The zero-order valence-electron chi connectivity index (χ0n) is 9.00. The lowest BCUT2D eigenvalue weighted by molar-refractivity contribution is -0.134. The van der Waals surface area contributed by atoms with Crippen molar-refractivity contribution < 1.29 is 14.7 Å². The molecular formula is C9H18N2O3. The first kappa shape index (κ1) is 12.9. The number of aliphatic hydroxyl groups is 1. The van der Waals surface area contributed by atoms with Crippen LogP contribution in [0.4, 0.5) is 0 Å². The van der Waals surface area contributed by atoms with Crippen molar-refractivity contribution in [1.29, 1.82) is 0 Å². The van der Waals surface area contributed by atoms with Crippen molar-refractivity contribution in [2.75, 3.05) is 7.05 Å². The molecule has 0 aliphatic carbocycles. The highest BCUT2D eigenvalue weighted by Crippen LogP contribution is 2.01. The molecule has 0 aliphatic heterocycles. The average Bonchev–Trinajstić information content (AvgIpc) is 2.11. The van der Waals surface area contributed by atoms with Crippen LogP contribution in [0.15, 0.2) is 0 Å². The number of nitrogens with one attached hydrogen (secondary N) is 2. The molecule has 2 amide bonds. The van der Waals surface area contributed by atoms with Crippen molar-refractivity contribution >= 4 is 11.8 Å². The van der Waals surface area contributed by atoms with E-state index >= 15 is 0 Å². The van der Waals surface area contributed by atoms with E-state index in [0.717, 1.165) is 0 Å². The van der Waals surface area contributed by atoms with Crippen LogP contribution < -0.4 is 10.6 Å². The molecule has 2 atom stereocenters. The molecule has 0 saturated carbocycles. The van der Waals surface area contributed by atoms with Crippen LogP contribution in [0.1, 0.15) is 20.8 Å². The molecule has 0 saturated heterocycles. The first-order valence-corrected chi connectivity index (χ1v) is 4.60. The van der Waals surface area contributed by atoms with Gasteiger partial charge in [-0.3, -0.25) is 9.59 Å². The van der Waals surface area contributed by atoms with Crippen LogP contribution in [0.5, 0.6) is 0 Å². The van der Waals surface area contributed by atoms with E-state index < -0.39 is 18.1 Å². The predicted molar refractivity (Wildman–Crippen MR) is 52.5 cm³/mol. The van der Waals surface area contributed by atoms with Gasteiger partial charge >= 0.3 is 0 Å². The Labute approximate surface area is 83.9 Å². The largest absolute Gasteiger partial charge is 0.384 e. The van der Waals surface area contributed by atoms with Gasteiger partial charge in [-0.1, -0.05) is 13.8 Å². The highest BCUT2D eigenvalue weighted by Gasteiger charge is 2.24. The second-order valence-electron chi connectivity index (χ2n) is 3.52. The molecule has 0 aromatic carbocycles. The van der Waals surface area contributed by atoms with E-state index in [2.05, 4.69) is 10.6 Å². The van der Waals surface area contributed by atoms with Crippen LogP contribution in [-0.4, -0.2) is 36.1 Å². The van der Waals surface area contributed by atoms with Crippen LogP contribution in [0.25, 0.3) is 0 Å². The Morgan fingerprint density at radius 3 is 1.93 bits per heavy atom. The zero-order valence-corrected chi connectivity index (χ0v) is 9.00. The molecule has 3 N–H and O–H groups in total. The number of hydrogen-bond acceptors (Lipinski definition) is 3. The number of aliphatic hydroxyl groups excluding tert-OH is 1. The fourth-order valence-corrected chi connectivity index (χ4v) is 0.964. The Morgan fingerprint density at radius 1 is 1.14 bits per heavy atom. The summed E-state index contributed by atoms with van der Waals surface area (Å²) in [7, 11) is 1.51. The van der Waals surface area contributed by atoms with Gasteiger partial charge in [-0.2, -0.15) is 0 Å². The monoisotopic (exact) mass is 202 g/mol. The fourth-order valence-electron chi connectivity index (χ4n) is 0.964. The van der Waals surface area contributed by atoms with Gasteiger partial charge in [-0.25, -0.2) is 0 Å². The van der Waals surface area contributed by atoms with Gasteiger partial charge in [0.1, 0.15) is 12.1 Å². The van der Waals surface area contributed by atoms with E-state index in [1.54, 1.807) is 0 Å². The Kier molecular flexibility index (Phi) is 5.15. The zero-order chi connectivity index (χ0) is 11.3.